The molecular weight excluding hydrogens is 677 g/mol. The second-order valence-corrected chi connectivity index (χ2v) is 12.2. The van der Waals surface area contributed by atoms with Crippen LogP contribution in [0.4, 0.5) is 30.7 Å². The van der Waals surface area contributed by atoms with Gasteiger partial charge in [0, 0.05) is 34.0 Å². The van der Waals surface area contributed by atoms with E-state index < -0.39 is 58.9 Å². The number of carbonyl (C=O) groups excluding carboxylic acids is 2. The molecule has 4 aromatic rings. The van der Waals surface area contributed by atoms with Crippen LogP contribution in [0.25, 0.3) is 22.4 Å². The van der Waals surface area contributed by atoms with Gasteiger partial charge in [0.1, 0.15) is 35.0 Å². The van der Waals surface area contributed by atoms with Gasteiger partial charge in [0.05, 0.1) is 18.3 Å². The van der Waals surface area contributed by atoms with Crippen LogP contribution in [-0.2, 0) is 22.0 Å². The molecule has 16 heteroatoms. The quantitative estimate of drug-likeness (QED) is 0.187. The van der Waals surface area contributed by atoms with E-state index in [1.54, 1.807) is 0 Å². The molecule has 6 rings (SSSR count). The molecule has 2 aromatic carbocycles. The molecule has 1 saturated carbocycles. The lowest BCUT2D eigenvalue weighted by Crippen LogP contribution is -2.51. The number of fused-ring (bicyclic) bond motifs is 1. The fraction of sp³-hybridized carbons (Fsp3) is 0.294. The number of aliphatic hydroxyl groups is 1. The number of benzene rings is 2. The number of primary amides is 1. The minimum absolute atomic E-state index is 0.0453. The average molecular weight is 705 g/mol. The van der Waals surface area contributed by atoms with Gasteiger partial charge in [0.2, 0.25) is 11.5 Å². The number of nitrogens with zero attached hydrogens (tertiary/aromatic N) is 2. The van der Waals surface area contributed by atoms with E-state index in [1.165, 1.54) is 31.2 Å². The van der Waals surface area contributed by atoms with Crippen LogP contribution in [0.15, 0.2) is 66.9 Å². The Morgan fingerprint density at radius 1 is 1.04 bits per heavy atom. The third-order valence-electron chi connectivity index (χ3n) is 8.56. The standard InChI is InChI=1S/C34H27F7N4O5/c1-31(30(42)47)16-49-27-23(31)14-25(45-26(27)17-4-7-19(35)8-5-17)32(48,34(39,40)41)15-44-29(46)18-6-11-21(24(13-18)50-20-9-10-20)22-3-2-12-43-28(22)33(36,37)38/h2-8,11-14,20,48H,9-10,15-16H2,1H3,(H2,42,47)(H,44,46)/t31-,32?/m0/s1. The number of nitrogens with one attached hydrogen (secondary N) is 1. The smallest absolute Gasteiger partial charge is 0.433 e. The topological polar surface area (TPSA) is 137 Å². The summed E-state index contributed by atoms with van der Waals surface area (Å²) in [5.74, 6) is -2.95. The molecule has 262 valence electrons. The first-order valence-electron chi connectivity index (χ1n) is 15.1. The zero-order chi connectivity index (χ0) is 36.2. The van der Waals surface area contributed by atoms with Gasteiger partial charge in [0.15, 0.2) is 5.69 Å². The summed E-state index contributed by atoms with van der Waals surface area (Å²) in [6, 6.07) is 11.1. The number of ether oxygens (including phenoxy) is 2. The predicted octanol–water partition coefficient (Wildman–Crippen LogP) is 5.83. The Balaban J connectivity index is 1.37. The second kappa shape index (κ2) is 12.3. The van der Waals surface area contributed by atoms with Crippen LogP contribution in [0.2, 0.25) is 0 Å². The zero-order valence-corrected chi connectivity index (χ0v) is 26.0. The molecule has 0 saturated heterocycles. The van der Waals surface area contributed by atoms with E-state index in [2.05, 4.69) is 9.97 Å². The minimum Gasteiger partial charge on any atom is -0.490 e. The number of alkyl halides is 6. The second-order valence-electron chi connectivity index (χ2n) is 12.2. The van der Waals surface area contributed by atoms with Crippen LogP contribution < -0.4 is 20.5 Å². The van der Waals surface area contributed by atoms with Crippen molar-refractivity contribution in [3.63, 3.8) is 0 Å². The average Bonchev–Trinajstić information content (AvgIpc) is 3.82. The van der Waals surface area contributed by atoms with E-state index in [0.29, 0.717) is 12.8 Å². The molecule has 1 fully saturated rings. The molecule has 4 N–H and O–H groups in total. The summed E-state index contributed by atoms with van der Waals surface area (Å²) >= 11 is 0. The predicted molar refractivity (Wildman–Crippen MR) is 162 cm³/mol. The number of hydrogen-bond donors (Lipinski definition) is 3. The molecule has 3 heterocycles. The van der Waals surface area contributed by atoms with Gasteiger partial charge in [-0.05, 0) is 74.4 Å². The molecule has 0 radical (unpaired) electrons. The van der Waals surface area contributed by atoms with Crippen molar-refractivity contribution in [2.75, 3.05) is 13.2 Å². The fourth-order valence-electron chi connectivity index (χ4n) is 5.45. The summed E-state index contributed by atoms with van der Waals surface area (Å²) in [5, 5.41) is 13.3. The van der Waals surface area contributed by atoms with E-state index in [-0.39, 0.29) is 57.7 Å². The van der Waals surface area contributed by atoms with Crippen molar-refractivity contribution in [2.45, 2.75) is 49.2 Å². The van der Waals surface area contributed by atoms with Gasteiger partial charge in [-0.1, -0.05) is 6.07 Å². The van der Waals surface area contributed by atoms with Gasteiger partial charge < -0.3 is 25.6 Å². The van der Waals surface area contributed by atoms with Crippen LogP contribution >= 0.6 is 0 Å². The lowest BCUT2D eigenvalue weighted by atomic mass is 9.81. The molecule has 1 unspecified atom stereocenters. The molecular formula is C34H27F7N4O5. The number of halogens is 7. The summed E-state index contributed by atoms with van der Waals surface area (Å²) in [5.41, 5.74) is -3.07. The molecule has 9 nitrogen and oxygen atoms in total. The summed E-state index contributed by atoms with van der Waals surface area (Å²) in [6.07, 6.45) is -8.47. The molecule has 0 bridgehead atoms. The molecule has 2 amide bonds. The van der Waals surface area contributed by atoms with E-state index in [0.717, 1.165) is 42.6 Å². The van der Waals surface area contributed by atoms with E-state index >= 15 is 0 Å². The van der Waals surface area contributed by atoms with Crippen molar-refractivity contribution in [1.29, 1.82) is 0 Å². The highest BCUT2D eigenvalue weighted by Gasteiger charge is 2.58. The summed E-state index contributed by atoms with van der Waals surface area (Å²) < 4.78 is 111. The number of amides is 2. The summed E-state index contributed by atoms with van der Waals surface area (Å²) in [6.45, 7) is -0.510. The van der Waals surface area contributed by atoms with Gasteiger partial charge in [-0.2, -0.15) is 26.3 Å². The van der Waals surface area contributed by atoms with Crippen molar-refractivity contribution >= 4 is 11.8 Å². The minimum atomic E-state index is -5.47. The van der Waals surface area contributed by atoms with E-state index in [9.17, 15) is 45.4 Å². The summed E-state index contributed by atoms with van der Waals surface area (Å²) in [4.78, 5) is 33.2. The highest BCUT2D eigenvalue weighted by molar-refractivity contribution is 5.96. The van der Waals surface area contributed by atoms with E-state index in [4.69, 9.17) is 15.2 Å². The number of aromatic nitrogens is 2. The van der Waals surface area contributed by atoms with Gasteiger partial charge >= 0.3 is 12.4 Å². The molecule has 50 heavy (non-hydrogen) atoms. The lowest BCUT2D eigenvalue weighted by molar-refractivity contribution is -0.265. The maximum atomic E-state index is 14.8. The Kier molecular flexibility index (Phi) is 8.49. The Labute approximate surface area is 279 Å². The Hall–Kier alpha value is -5.25. The Morgan fingerprint density at radius 2 is 1.74 bits per heavy atom. The van der Waals surface area contributed by atoms with Crippen molar-refractivity contribution < 1.29 is 54.9 Å². The highest BCUT2D eigenvalue weighted by Crippen LogP contribution is 2.48. The first-order valence-corrected chi connectivity index (χ1v) is 15.1. The zero-order valence-electron chi connectivity index (χ0n) is 26.0. The van der Waals surface area contributed by atoms with Gasteiger partial charge in [-0.3, -0.25) is 14.6 Å². The Bertz CT molecular complexity index is 1980. The third-order valence-corrected chi connectivity index (χ3v) is 8.56. The monoisotopic (exact) mass is 704 g/mol. The van der Waals surface area contributed by atoms with Gasteiger partial charge in [-0.15, -0.1) is 0 Å². The largest absolute Gasteiger partial charge is 0.490 e. The van der Waals surface area contributed by atoms with Gasteiger partial charge in [0.25, 0.3) is 5.91 Å². The maximum absolute atomic E-state index is 14.8. The Morgan fingerprint density at radius 3 is 2.36 bits per heavy atom. The lowest BCUT2D eigenvalue weighted by Gasteiger charge is -2.31. The molecule has 2 atom stereocenters. The van der Waals surface area contributed by atoms with Gasteiger partial charge in [-0.25, -0.2) is 9.37 Å². The molecule has 1 aliphatic carbocycles. The number of nitrogens with two attached hydrogens (primary N) is 1. The van der Waals surface area contributed by atoms with Crippen LogP contribution in [0.3, 0.4) is 0 Å². The van der Waals surface area contributed by atoms with Crippen LogP contribution in [0.5, 0.6) is 11.5 Å². The maximum Gasteiger partial charge on any atom is 0.433 e. The first-order chi connectivity index (χ1) is 23.4. The van der Waals surface area contributed by atoms with E-state index in [1.807, 2.05) is 5.32 Å². The van der Waals surface area contributed by atoms with Crippen molar-refractivity contribution in [2.24, 2.45) is 5.73 Å². The van der Waals surface area contributed by atoms with Crippen molar-refractivity contribution in [3.8, 4) is 33.9 Å². The number of carbonyl (C=O) groups is 2. The number of rotatable bonds is 9. The third kappa shape index (κ3) is 6.30. The van der Waals surface area contributed by atoms with Crippen molar-refractivity contribution in [1.82, 2.24) is 15.3 Å². The summed E-state index contributed by atoms with van der Waals surface area (Å²) in [7, 11) is 0. The molecule has 1 aliphatic heterocycles. The molecule has 0 spiro atoms. The highest BCUT2D eigenvalue weighted by atomic mass is 19.4. The molecule has 2 aliphatic rings. The van der Waals surface area contributed by atoms with Crippen LogP contribution in [0, 0.1) is 5.82 Å². The number of pyridine rings is 2. The van der Waals surface area contributed by atoms with Crippen LogP contribution in [0.1, 0.15) is 47.1 Å². The first kappa shape index (κ1) is 34.6. The van der Waals surface area contributed by atoms with Crippen LogP contribution in [-0.4, -0.2) is 52.3 Å². The van der Waals surface area contributed by atoms with Crippen molar-refractivity contribution in [3.05, 3.63) is 95.2 Å². The SMILES string of the molecule is C[C@]1(C(N)=O)COc2c1cc(C(O)(CNC(=O)c1ccc(-c3cccnc3C(F)(F)F)c(OC3CC3)c1)C(F)(F)F)nc2-c1ccc(F)cc1. The number of hydrogen-bond acceptors (Lipinski definition) is 7. The fourth-order valence-corrected chi connectivity index (χ4v) is 5.45. The normalized spacial score (nSPS) is 18.5. The molecule has 2 aromatic heterocycles.